The fourth-order valence-electron chi connectivity index (χ4n) is 2.46. The van der Waals surface area contributed by atoms with Crippen LogP contribution >= 0.6 is 0 Å². The van der Waals surface area contributed by atoms with Gasteiger partial charge in [0.05, 0.1) is 6.61 Å². The minimum atomic E-state index is 0.618. The highest BCUT2D eigenvalue weighted by Crippen LogP contribution is 2.13. The van der Waals surface area contributed by atoms with Crippen molar-refractivity contribution < 1.29 is 4.74 Å². The van der Waals surface area contributed by atoms with Crippen molar-refractivity contribution in [3.05, 3.63) is 0 Å². The molecule has 1 aliphatic rings. The van der Waals surface area contributed by atoms with Gasteiger partial charge in [-0.15, -0.1) is 0 Å². The molecule has 19 heavy (non-hydrogen) atoms. The Labute approximate surface area is 117 Å². The van der Waals surface area contributed by atoms with Crippen molar-refractivity contribution in [3.63, 3.8) is 0 Å². The Balaban J connectivity index is 2.22. The van der Waals surface area contributed by atoms with E-state index in [0.717, 1.165) is 32.3 Å². The van der Waals surface area contributed by atoms with Gasteiger partial charge in [-0.2, -0.15) is 0 Å². The van der Waals surface area contributed by atoms with Gasteiger partial charge in [0.2, 0.25) is 0 Å². The van der Waals surface area contributed by atoms with E-state index in [0.29, 0.717) is 6.04 Å². The van der Waals surface area contributed by atoms with E-state index in [1.54, 1.807) is 0 Å². The monoisotopic (exact) mass is 270 g/mol. The first-order valence-electron chi connectivity index (χ1n) is 7.58. The summed E-state index contributed by atoms with van der Waals surface area (Å²) >= 11 is 0. The van der Waals surface area contributed by atoms with Gasteiger partial charge in [0.25, 0.3) is 0 Å². The van der Waals surface area contributed by atoms with Crippen LogP contribution in [0.4, 0.5) is 0 Å². The molecule has 5 nitrogen and oxygen atoms in total. The van der Waals surface area contributed by atoms with Gasteiger partial charge in [0.1, 0.15) is 0 Å². The molecule has 112 valence electrons. The van der Waals surface area contributed by atoms with Crippen LogP contribution in [0.5, 0.6) is 0 Å². The summed E-state index contributed by atoms with van der Waals surface area (Å²) in [7, 11) is 1.81. The molecule has 0 aromatic carbocycles. The SMILES string of the molecule is CCOCCNC(=NC)NCC(CC)N1CCCC1. The average molecular weight is 270 g/mol. The van der Waals surface area contributed by atoms with Crippen molar-refractivity contribution in [1.29, 1.82) is 0 Å². The lowest BCUT2D eigenvalue weighted by Crippen LogP contribution is -2.46. The minimum Gasteiger partial charge on any atom is -0.380 e. The molecule has 1 fully saturated rings. The van der Waals surface area contributed by atoms with Gasteiger partial charge in [-0.1, -0.05) is 6.92 Å². The molecule has 0 amide bonds. The third-order valence-electron chi connectivity index (χ3n) is 3.60. The number of nitrogens with zero attached hydrogens (tertiary/aromatic N) is 2. The first kappa shape index (κ1) is 16.2. The Kier molecular flexibility index (Phi) is 8.58. The van der Waals surface area contributed by atoms with E-state index in [9.17, 15) is 0 Å². The number of guanidine groups is 1. The number of ether oxygens (including phenoxy) is 1. The van der Waals surface area contributed by atoms with E-state index < -0.39 is 0 Å². The number of nitrogens with one attached hydrogen (secondary N) is 2. The van der Waals surface area contributed by atoms with Crippen LogP contribution in [0.1, 0.15) is 33.1 Å². The average Bonchev–Trinajstić information content (AvgIpc) is 2.96. The third kappa shape index (κ3) is 6.25. The molecule has 0 saturated carbocycles. The normalized spacial score (nSPS) is 18.6. The summed E-state index contributed by atoms with van der Waals surface area (Å²) < 4.78 is 5.30. The second kappa shape index (κ2) is 10.0. The van der Waals surface area contributed by atoms with Crippen LogP contribution < -0.4 is 10.6 Å². The second-order valence-corrected chi connectivity index (χ2v) is 4.88. The van der Waals surface area contributed by atoms with E-state index in [2.05, 4.69) is 27.4 Å². The van der Waals surface area contributed by atoms with Gasteiger partial charge in [-0.05, 0) is 39.3 Å². The summed E-state index contributed by atoms with van der Waals surface area (Å²) in [5.74, 6) is 0.873. The molecule has 0 radical (unpaired) electrons. The fraction of sp³-hybridized carbons (Fsp3) is 0.929. The van der Waals surface area contributed by atoms with Crippen LogP contribution in [-0.4, -0.2) is 63.3 Å². The molecule has 1 atom stereocenters. The fourth-order valence-corrected chi connectivity index (χ4v) is 2.46. The van der Waals surface area contributed by atoms with E-state index >= 15 is 0 Å². The van der Waals surface area contributed by atoms with Crippen molar-refractivity contribution in [2.24, 2.45) is 4.99 Å². The van der Waals surface area contributed by atoms with Crippen LogP contribution in [0.2, 0.25) is 0 Å². The largest absolute Gasteiger partial charge is 0.380 e. The predicted octanol–water partition coefficient (Wildman–Crippen LogP) is 1.06. The smallest absolute Gasteiger partial charge is 0.191 e. The Bertz CT molecular complexity index is 252. The summed E-state index contributed by atoms with van der Waals surface area (Å²) in [6, 6.07) is 0.618. The van der Waals surface area contributed by atoms with Gasteiger partial charge >= 0.3 is 0 Å². The van der Waals surface area contributed by atoms with Crippen molar-refractivity contribution >= 4 is 5.96 Å². The van der Waals surface area contributed by atoms with Gasteiger partial charge in [-0.3, -0.25) is 9.89 Å². The van der Waals surface area contributed by atoms with Gasteiger partial charge < -0.3 is 15.4 Å². The van der Waals surface area contributed by atoms with Crippen LogP contribution in [0.15, 0.2) is 4.99 Å². The van der Waals surface area contributed by atoms with Crippen LogP contribution in [0.25, 0.3) is 0 Å². The lowest BCUT2D eigenvalue weighted by Gasteiger charge is -2.27. The van der Waals surface area contributed by atoms with E-state index in [1.165, 1.54) is 32.4 Å². The second-order valence-electron chi connectivity index (χ2n) is 4.88. The number of likely N-dealkylation sites (tertiary alicyclic amines) is 1. The summed E-state index contributed by atoms with van der Waals surface area (Å²) in [5, 5.41) is 6.69. The molecule has 0 bridgehead atoms. The molecule has 2 N–H and O–H groups in total. The van der Waals surface area contributed by atoms with Crippen LogP contribution in [0, 0.1) is 0 Å². The topological polar surface area (TPSA) is 48.9 Å². The molecule has 1 rings (SSSR count). The quantitative estimate of drug-likeness (QED) is 0.393. The zero-order valence-corrected chi connectivity index (χ0v) is 12.7. The Morgan fingerprint density at radius 2 is 2.00 bits per heavy atom. The highest BCUT2D eigenvalue weighted by atomic mass is 16.5. The lowest BCUT2D eigenvalue weighted by molar-refractivity contribution is 0.152. The van der Waals surface area contributed by atoms with Crippen molar-refractivity contribution in [1.82, 2.24) is 15.5 Å². The molecule has 5 heteroatoms. The molecule has 1 unspecified atom stereocenters. The highest BCUT2D eigenvalue weighted by Gasteiger charge is 2.20. The highest BCUT2D eigenvalue weighted by molar-refractivity contribution is 5.79. The molecular weight excluding hydrogens is 240 g/mol. The molecule has 1 aliphatic heterocycles. The summed E-state index contributed by atoms with van der Waals surface area (Å²) in [5.41, 5.74) is 0. The van der Waals surface area contributed by atoms with E-state index in [1.807, 2.05) is 14.0 Å². The van der Waals surface area contributed by atoms with Crippen LogP contribution in [-0.2, 0) is 4.74 Å². The predicted molar refractivity (Wildman–Crippen MR) is 80.7 cm³/mol. The molecule has 1 heterocycles. The number of rotatable bonds is 8. The third-order valence-corrected chi connectivity index (χ3v) is 3.60. The molecule has 1 saturated heterocycles. The molecule has 0 aliphatic carbocycles. The first-order valence-corrected chi connectivity index (χ1v) is 7.58. The molecule has 0 spiro atoms. The van der Waals surface area contributed by atoms with Crippen molar-refractivity contribution in [3.8, 4) is 0 Å². The van der Waals surface area contributed by atoms with Gasteiger partial charge in [0, 0.05) is 32.8 Å². The standard InChI is InChI=1S/C14H30N4O/c1-4-13(18-9-6-7-10-18)12-17-14(15-3)16-8-11-19-5-2/h13H,4-12H2,1-3H3,(H2,15,16,17). The Hall–Kier alpha value is -0.810. The van der Waals surface area contributed by atoms with Gasteiger partial charge in [-0.25, -0.2) is 0 Å². The summed E-state index contributed by atoms with van der Waals surface area (Å²) in [6.45, 7) is 10.0. The van der Waals surface area contributed by atoms with Crippen LogP contribution in [0.3, 0.4) is 0 Å². The lowest BCUT2D eigenvalue weighted by atomic mass is 10.2. The minimum absolute atomic E-state index is 0.618. The molecular formula is C14H30N4O. The molecule has 0 aromatic rings. The van der Waals surface area contributed by atoms with E-state index in [4.69, 9.17) is 4.74 Å². The maximum absolute atomic E-state index is 5.30. The number of hydrogen-bond donors (Lipinski definition) is 2. The Morgan fingerprint density at radius 3 is 2.58 bits per heavy atom. The maximum Gasteiger partial charge on any atom is 0.191 e. The van der Waals surface area contributed by atoms with E-state index in [-0.39, 0.29) is 0 Å². The maximum atomic E-state index is 5.30. The zero-order valence-electron chi connectivity index (χ0n) is 12.7. The summed E-state index contributed by atoms with van der Waals surface area (Å²) in [4.78, 5) is 6.82. The van der Waals surface area contributed by atoms with Gasteiger partial charge in [0.15, 0.2) is 5.96 Å². The van der Waals surface area contributed by atoms with Crippen molar-refractivity contribution in [2.75, 3.05) is 46.4 Å². The number of aliphatic imine (C=N–C) groups is 1. The number of hydrogen-bond acceptors (Lipinski definition) is 3. The molecule has 0 aromatic heterocycles. The summed E-state index contributed by atoms with van der Waals surface area (Å²) in [6.07, 6.45) is 3.87. The van der Waals surface area contributed by atoms with Crippen molar-refractivity contribution in [2.45, 2.75) is 39.2 Å². The first-order chi connectivity index (χ1) is 9.31. The zero-order chi connectivity index (χ0) is 13.9. The Morgan fingerprint density at radius 1 is 1.26 bits per heavy atom.